The van der Waals surface area contributed by atoms with Gasteiger partial charge in [-0.1, -0.05) is 12.1 Å². The Balaban J connectivity index is 1.39. The first kappa shape index (κ1) is 22.3. The number of benzene rings is 2. The highest BCUT2D eigenvalue weighted by atomic mass is 32.2. The Morgan fingerprint density at radius 3 is 2.81 bits per heavy atom. The number of likely N-dealkylation sites (N-methyl/N-ethyl adjacent to an activating group) is 1. The summed E-state index contributed by atoms with van der Waals surface area (Å²) in [5, 5.41) is 0.364. The molecule has 4 rings (SSSR count). The highest BCUT2D eigenvalue weighted by molar-refractivity contribution is 8.15. The zero-order valence-electron chi connectivity index (χ0n) is 17.2. The Labute approximate surface area is 189 Å². The standard InChI is InChI=1S/C21H20FN3O5S2/c1-2-24(12-14-4-3-5-16(22)10-14)19(26)13-30-20(27)15-6-7-17-18(11-15)31-21-23-32(28,29)9-8-25(17)21/h3-7,10-11H,2,8-9,12-13H2,1H3. The Morgan fingerprint density at radius 2 is 2.06 bits per heavy atom. The number of rotatable bonds is 6. The summed E-state index contributed by atoms with van der Waals surface area (Å²) in [7, 11) is -3.46. The van der Waals surface area contributed by atoms with Crippen LogP contribution in [-0.4, -0.2) is 55.8 Å². The van der Waals surface area contributed by atoms with Crippen molar-refractivity contribution in [3.8, 4) is 0 Å². The molecule has 1 amide bonds. The van der Waals surface area contributed by atoms with Crippen molar-refractivity contribution in [3.63, 3.8) is 0 Å². The van der Waals surface area contributed by atoms with Gasteiger partial charge >= 0.3 is 5.97 Å². The molecule has 2 heterocycles. The third kappa shape index (κ3) is 4.78. The Bertz CT molecular complexity index is 1220. The van der Waals surface area contributed by atoms with Crippen LogP contribution in [0.15, 0.2) is 51.8 Å². The molecular formula is C21H20FN3O5S2. The average Bonchev–Trinajstić information content (AvgIpc) is 3.10. The molecule has 0 bridgehead atoms. The lowest BCUT2D eigenvalue weighted by Crippen LogP contribution is -2.35. The normalized spacial score (nSPS) is 16.1. The van der Waals surface area contributed by atoms with E-state index in [0.29, 0.717) is 28.7 Å². The number of nitrogens with zero attached hydrogens (tertiary/aromatic N) is 3. The van der Waals surface area contributed by atoms with Gasteiger partial charge in [-0.2, -0.15) is 0 Å². The lowest BCUT2D eigenvalue weighted by atomic mass is 10.2. The molecule has 0 spiro atoms. The van der Waals surface area contributed by atoms with Gasteiger partial charge in [0, 0.05) is 24.5 Å². The van der Waals surface area contributed by atoms with Gasteiger partial charge in [0.25, 0.3) is 15.9 Å². The van der Waals surface area contributed by atoms with E-state index in [0.717, 1.165) is 5.69 Å². The number of ether oxygens (including phenoxy) is 1. The lowest BCUT2D eigenvalue weighted by Gasteiger charge is -2.22. The first-order chi connectivity index (χ1) is 15.3. The fourth-order valence-electron chi connectivity index (χ4n) is 3.39. The maximum Gasteiger partial charge on any atom is 0.338 e. The van der Waals surface area contributed by atoms with Crippen LogP contribution in [0.1, 0.15) is 22.8 Å². The molecule has 2 aliphatic heterocycles. The molecule has 0 unspecified atom stereocenters. The van der Waals surface area contributed by atoms with Gasteiger partial charge in [-0.25, -0.2) is 17.6 Å². The number of hydrogen-bond donors (Lipinski definition) is 0. The molecule has 11 heteroatoms. The van der Waals surface area contributed by atoms with E-state index >= 15 is 0 Å². The van der Waals surface area contributed by atoms with Gasteiger partial charge in [0.05, 0.1) is 17.0 Å². The predicted molar refractivity (Wildman–Crippen MR) is 119 cm³/mol. The number of thioether (sulfide) groups is 1. The van der Waals surface area contributed by atoms with Gasteiger partial charge in [-0.15, -0.1) is 4.40 Å². The van der Waals surface area contributed by atoms with Gasteiger partial charge < -0.3 is 14.5 Å². The molecule has 0 radical (unpaired) electrons. The summed E-state index contributed by atoms with van der Waals surface area (Å²) >= 11 is 1.17. The molecule has 2 aromatic rings. The topological polar surface area (TPSA) is 96.3 Å². The van der Waals surface area contributed by atoms with Crippen molar-refractivity contribution < 1.29 is 27.1 Å². The summed E-state index contributed by atoms with van der Waals surface area (Å²) in [6, 6.07) is 10.9. The fraction of sp³-hybridized carbons (Fsp3) is 0.286. The number of esters is 1. The van der Waals surface area contributed by atoms with E-state index in [4.69, 9.17) is 4.74 Å². The second-order valence-electron chi connectivity index (χ2n) is 7.21. The zero-order chi connectivity index (χ0) is 22.9. The Morgan fingerprint density at radius 1 is 1.25 bits per heavy atom. The number of hydrogen-bond acceptors (Lipinski definition) is 7. The van der Waals surface area contributed by atoms with E-state index in [1.807, 2.05) is 0 Å². The van der Waals surface area contributed by atoms with Crippen LogP contribution in [0, 0.1) is 5.82 Å². The molecule has 2 aliphatic rings. The van der Waals surface area contributed by atoms with E-state index < -0.39 is 28.5 Å². The molecule has 0 fully saturated rings. The quantitative estimate of drug-likeness (QED) is 0.590. The van der Waals surface area contributed by atoms with Gasteiger partial charge in [-0.3, -0.25) is 4.79 Å². The van der Waals surface area contributed by atoms with Crippen molar-refractivity contribution in [2.45, 2.75) is 18.4 Å². The molecule has 0 N–H and O–H groups in total. The van der Waals surface area contributed by atoms with Crippen LogP contribution in [0.2, 0.25) is 0 Å². The molecule has 0 saturated heterocycles. The number of amides is 1. The summed E-state index contributed by atoms with van der Waals surface area (Å²) < 4.78 is 45.8. The number of anilines is 1. The maximum absolute atomic E-state index is 13.4. The third-order valence-electron chi connectivity index (χ3n) is 5.03. The monoisotopic (exact) mass is 477 g/mol. The van der Waals surface area contributed by atoms with Crippen molar-refractivity contribution in [3.05, 3.63) is 59.4 Å². The number of sulfonamides is 1. The minimum Gasteiger partial charge on any atom is -0.452 e. The van der Waals surface area contributed by atoms with Crippen molar-refractivity contribution in [1.82, 2.24) is 4.90 Å². The van der Waals surface area contributed by atoms with Crippen molar-refractivity contribution in [2.75, 3.05) is 30.3 Å². The fourth-order valence-corrected chi connectivity index (χ4v) is 5.69. The molecule has 0 aliphatic carbocycles. The van der Waals surface area contributed by atoms with Crippen molar-refractivity contribution >= 4 is 44.5 Å². The Kier molecular flexibility index (Phi) is 6.20. The van der Waals surface area contributed by atoms with E-state index in [-0.39, 0.29) is 23.7 Å². The largest absolute Gasteiger partial charge is 0.452 e. The van der Waals surface area contributed by atoms with Gasteiger partial charge in [0.15, 0.2) is 11.8 Å². The molecule has 8 nitrogen and oxygen atoms in total. The molecular weight excluding hydrogens is 457 g/mol. The number of halogens is 1. The van der Waals surface area contributed by atoms with Gasteiger partial charge in [0.2, 0.25) is 0 Å². The minimum atomic E-state index is -3.46. The minimum absolute atomic E-state index is 0.0635. The van der Waals surface area contributed by atoms with Crippen molar-refractivity contribution in [1.29, 1.82) is 0 Å². The highest BCUT2D eigenvalue weighted by Gasteiger charge is 2.33. The summed E-state index contributed by atoms with van der Waals surface area (Å²) in [5.74, 6) is -1.50. The molecule has 32 heavy (non-hydrogen) atoms. The molecule has 0 aromatic heterocycles. The average molecular weight is 478 g/mol. The number of carbonyl (C=O) groups excluding carboxylic acids is 2. The maximum atomic E-state index is 13.4. The summed E-state index contributed by atoms with van der Waals surface area (Å²) in [4.78, 5) is 28.9. The van der Waals surface area contributed by atoms with Crippen LogP contribution in [0.3, 0.4) is 0 Å². The second-order valence-corrected chi connectivity index (χ2v) is 9.97. The van der Waals surface area contributed by atoms with Gasteiger partial charge in [-0.05, 0) is 54.6 Å². The predicted octanol–water partition coefficient (Wildman–Crippen LogP) is 2.64. The van der Waals surface area contributed by atoms with E-state index in [1.54, 1.807) is 42.2 Å². The van der Waals surface area contributed by atoms with Gasteiger partial charge in [0.1, 0.15) is 5.82 Å². The Hall–Kier alpha value is -2.92. The van der Waals surface area contributed by atoms with Crippen LogP contribution in [-0.2, 0) is 26.1 Å². The van der Waals surface area contributed by atoms with E-state index in [9.17, 15) is 22.4 Å². The lowest BCUT2D eigenvalue weighted by molar-refractivity contribution is -0.134. The number of amidine groups is 1. The highest BCUT2D eigenvalue weighted by Crippen LogP contribution is 2.42. The molecule has 2 aromatic carbocycles. The molecule has 0 saturated carbocycles. The number of carbonyl (C=O) groups is 2. The summed E-state index contributed by atoms with van der Waals surface area (Å²) in [6.07, 6.45) is 0. The SMILES string of the molecule is CCN(Cc1cccc(F)c1)C(=O)COC(=O)c1ccc2c(c1)SC1=NS(=O)(=O)CCN12. The summed E-state index contributed by atoms with van der Waals surface area (Å²) in [6.45, 7) is 2.24. The molecule has 168 valence electrons. The summed E-state index contributed by atoms with van der Waals surface area (Å²) in [5.41, 5.74) is 1.67. The van der Waals surface area contributed by atoms with Crippen LogP contribution >= 0.6 is 11.8 Å². The second kappa shape index (κ2) is 8.91. The van der Waals surface area contributed by atoms with Crippen LogP contribution in [0.5, 0.6) is 0 Å². The first-order valence-corrected chi connectivity index (χ1v) is 12.3. The first-order valence-electron chi connectivity index (χ1n) is 9.87. The van der Waals surface area contributed by atoms with Crippen LogP contribution in [0.4, 0.5) is 10.1 Å². The van der Waals surface area contributed by atoms with Crippen LogP contribution < -0.4 is 4.90 Å². The smallest absolute Gasteiger partial charge is 0.338 e. The van der Waals surface area contributed by atoms with Crippen LogP contribution in [0.25, 0.3) is 0 Å². The third-order valence-corrected chi connectivity index (χ3v) is 7.34. The van der Waals surface area contributed by atoms with E-state index in [2.05, 4.69) is 4.40 Å². The zero-order valence-corrected chi connectivity index (χ0v) is 18.8. The molecule has 0 atom stereocenters. The van der Waals surface area contributed by atoms with E-state index in [1.165, 1.54) is 28.8 Å². The van der Waals surface area contributed by atoms with Crippen molar-refractivity contribution in [2.24, 2.45) is 4.40 Å². The number of fused-ring (bicyclic) bond motifs is 3.